The summed E-state index contributed by atoms with van der Waals surface area (Å²) in [6, 6.07) is 1.31. The van der Waals surface area contributed by atoms with Gasteiger partial charge in [-0.25, -0.2) is 5.43 Å². The Kier molecular flexibility index (Phi) is 5.60. The quantitative estimate of drug-likeness (QED) is 0.409. The zero-order valence-electron chi connectivity index (χ0n) is 11.4. The van der Waals surface area contributed by atoms with E-state index in [0.29, 0.717) is 12.1 Å². The molecule has 0 radical (unpaired) electrons. The van der Waals surface area contributed by atoms with Crippen LogP contribution >= 0.6 is 0 Å². The number of nitro benzene ring substituents is 1. The molecule has 0 aromatic heterocycles. The Morgan fingerprint density at radius 3 is 2.25 bits per heavy atom. The molecule has 1 rings (SSSR count). The van der Waals surface area contributed by atoms with Crippen LogP contribution in [0.2, 0.25) is 0 Å². The number of nitrogens with one attached hydrogen (secondary N) is 2. The van der Waals surface area contributed by atoms with Gasteiger partial charge in [-0.1, -0.05) is 0 Å². The summed E-state index contributed by atoms with van der Waals surface area (Å²) < 4.78 is 74.7. The highest BCUT2D eigenvalue weighted by molar-refractivity contribution is 5.71. The second-order valence-corrected chi connectivity index (χ2v) is 4.43. The molecule has 1 aromatic rings. The van der Waals surface area contributed by atoms with E-state index in [1.54, 1.807) is 5.43 Å². The fourth-order valence-corrected chi connectivity index (χ4v) is 1.56. The minimum absolute atomic E-state index is 0.197. The maximum atomic E-state index is 12.5. The van der Waals surface area contributed by atoms with Crippen molar-refractivity contribution in [3.8, 4) is 0 Å². The van der Waals surface area contributed by atoms with Crippen LogP contribution in [0.1, 0.15) is 5.56 Å². The highest BCUT2D eigenvalue weighted by Crippen LogP contribution is 2.34. The van der Waals surface area contributed by atoms with E-state index in [9.17, 15) is 41.3 Å². The number of benzene rings is 1. The van der Waals surface area contributed by atoms with Gasteiger partial charge in [0.2, 0.25) is 0 Å². The van der Waals surface area contributed by atoms with Crippen LogP contribution in [-0.4, -0.2) is 28.7 Å². The van der Waals surface area contributed by atoms with Crippen LogP contribution in [0, 0.1) is 16.0 Å². The van der Waals surface area contributed by atoms with E-state index in [4.69, 9.17) is 5.11 Å². The molecule has 3 N–H and O–H groups in total. The number of carboxylic acids is 1. The number of rotatable bonds is 6. The molecular formula is C11H9F6N3O4. The molecule has 24 heavy (non-hydrogen) atoms. The minimum Gasteiger partial charge on any atom is -0.481 e. The van der Waals surface area contributed by atoms with Gasteiger partial charge in [0.1, 0.15) is 5.69 Å². The summed E-state index contributed by atoms with van der Waals surface area (Å²) in [5.74, 6) is -4.99. The number of anilines is 1. The Hall–Kier alpha value is -2.57. The van der Waals surface area contributed by atoms with E-state index < -0.39 is 52.6 Å². The molecule has 13 heteroatoms. The first-order valence-electron chi connectivity index (χ1n) is 5.98. The first-order valence-corrected chi connectivity index (χ1v) is 5.98. The first-order chi connectivity index (χ1) is 10.8. The van der Waals surface area contributed by atoms with Crippen LogP contribution in [0.5, 0.6) is 0 Å². The lowest BCUT2D eigenvalue weighted by atomic mass is 10.1. The molecule has 0 aliphatic carbocycles. The van der Waals surface area contributed by atoms with E-state index in [0.717, 1.165) is 0 Å². The molecule has 0 heterocycles. The molecule has 7 nitrogen and oxygen atoms in total. The summed E-state index contributed by atoms with van der Waals surface area (Å²) in [5, 5.41) is 19.2. The zero-order valence-corrected chi connectivity index (χ0v) is 11.4. The summed E-state index contributed by atoms with van der Waals surface area (Å²) in [5.41, 5.74) is 0.793. The van der Waals surface area contributed by atoms with Crippen LogP contribution in [0.3, 0.4) is 0 Å². The van der Waals surface area contributed by atoms with Gasteiger partial charge in [0.25, 0.3) is 5.69 Å². The van der Waals surface area contributed by atoms with Gasteiger partial charge in [-0.2, -0.15) is 26.3 Å². The summed E-state index contributed by atoms with van der Waals surface area (Å²) in [6.45, 7) is -1.20. The van der Waals surface area contributed by atoms with Crippen LogP contribution in [-0.2, 0) is 11.0 Å². The molecule has 0 spiro atoms. The van der Waals surface area contributed by atoms with Crippen molar-refractivity contribution in [2.24, 2.45) is 5.92 Å². The van der Waals surface area contributed by atoms with Gasteiger partial charge in [-0.15, -0.1) is 0 Å². The Balaban J connectivity index is 2.92. The second kappa shape index (κ2) is 6.90. The smallest absolute Gasteiger partial charge is 0.416 e. The Morgan fingerprint density at radius 1 is 1.25 bits per heavy atom. The topological polar surface area (TPSA) is 104 Å². The number of hydrazine groups is 1. The van der Waals surface area contributed by atoms with E-state index in [2.05, 4.69) is 0 Å². The fraction of sp³-hybridized carbons (Fsp3) is 0.364. The minimum atomic E-state index is -5.08. The number of halogens is 6. The van der Waals surface area contributed by atoms with Crippen molar-refractivity contribution in [3.05, 3.63) is 33.9 Å². The van der Waals surface area contributed by atoms with Crippen molar-refractivity contribution < 1.29 is 41.2 Å². The Bertz CT molecular complexity index is 631. The molecule has 1 unspecified atom stereocenters. The summed E-state index contributed by atoms with van der Waals surface area (Å²) in [4.78, 5) is 20.1. The molecule has 0 saturated carbocycles. The van der Waals surface area contributed by atoms with Gasteiger partial charge < -0.3 is 10.5 Å². The number of nitro groups is 1. The van der Waals surface area contributed by atoms with Gasteiger partial charge >= 0.3 is 18.3 Å². The molecule has 134 valence electrons. The monoisotopic (exact) mass is 361 g/mol. The van der Waals surface area contributed by atoms with E-state index in [1.165, 1.54) is 0 Å². The molecule has 0 aliphatic rings. The van der Waals surface area contributed by atoms with Crippen LogP contribution in [0.4, 0.5) is 37.7 Å². The van der Waals surface area contributed by atoms with Crippen molar-refractivity contribution in [1.29, 1.82) is 0 Å². The lowest BCUT2D eigenvalue weighted by Gasteiger charge is -2.17. The second-order valence-electron chi connectivity index (χ2n) is 4.43. The largest absolute Gasteiger partial charge is 0.481 e. The van der Waals surface area contributed by atoms with Gasteiger partial charge in [-0.05, 0) is 12.1 Å². The van der Waals surface area contributed by atoms with Crippen LogP contribution in [0.15, 0.2) is 18.2 Å². The van der Waals surface area contributed by atoms with Crippen LogP contribution < -0.4 is 10.9 Å². The number of aliphatic carboxylic acids is 1. The zero-order chi connectivity index (χ0) is 18.7. The number of nitrogens with zero attached hydrogens (tertiary/aromatic N) is 1. The van der Waals surface area contributed by atoms with Crippen molar-refractivity contribution in [2.75, 3.05) is 12.0 Å². The standard InChI is InChI=1S/C11H9F6N3O4/c12-10(13,14)5-1-2-7(8(3-5)20(23)24)19-18-4-6(9(21)22)11(15,16)17/h1-3,6,18-19H,4H2,(H,21,22). The SMILES string of the molecule is O=C(O)C(CNNc1ccc(C(F)(F)F)cc1[N+](=O)[O-])C(F)(F)F. The van der Waals surface area contributed by atoms with Crippen molar-refractivity contribution in [2.45, 2.75) is 12.4 Å². The van der Waals surface area contributed by atoms with E-state index in [-0.39, 0.29) is 6.07 Å². The van der Waals surface area contributed by atoms with Gasteiger partial charge in [0.15, 0.2) is 5.92 Å². The third-order valence-corrected chi connectivity index (χ3v) is 2.74. The highest BCUT2D eigenvalue weighted by atomic mass is 19.4. The number of hydrogen-bond acceptors (Lipinski definition) is 5. The molecule has 0 bridgehead atoms. The summed E-state index contributed by atoms with van der Waals surface area (Å²) in [6.07, 6.45) is -9.92. The highest BCUT2D eigenvalue weighted by Gasteiger charge is 2.44. The molecule has 0 fully saturated rings. The maximum Gasteiger partial charge on any atom is 0.416 e. The lowest BCUT2D eigenvalue weighted by Crippen LogP contribution is -2.41. The molecule has 1 atom stereocenters. The Labute approximate surface area is 129 Å². The number of hydrogen-bond donors (Lipinski definition) is 3. The number of carboxylic acid groups (broad SMARTS) is 1. The van der Waals surface area contributed by atoms with Crippen molar-refractivity contribution in [3.63, 3.8) is 0 Å². The molecule has 1 aromatic carbocycles. The third-order valence-electron chi connectivity index (χ3n) is 2.74. The normalized spacial score (nSPS) is 13.4. The predicted molar refractivity (Wildman–Crippen MR) is 66.9 cm³/mol. The van der Waals surface area contributed by atoms with Gasteiger partial charge in [-0.3, -0.25) is 14.9 Å². The average Bonchev–Trinajstić information content (AvgIpc) is 2.40. The average molecular weight is 361 g/mol. The van der Waals surface area contributed by atoms with Crippen molar-refractivity contribution >= 4 is 17.3 Å². The van der Waals surface area contributed by atoms with Gasteiger partial charge in [0.05, 0.1) is 10.5 Å². The number of carbonyl (C=O) groups is 1. The molecule has 0 saturated heterocycles. The first kappa shape index (κ1) is 19.5. The van der Waals surface area contributed by atoms with Crippen LogP contribution in [0.25, 0.3) is 0 Å². The molecule has 0 amide bonds. The van der Waals surface area contributed by atoms with Crippen molar-refractivity contribution in [1.82, 2.24) is 5.43 Å². The fourth-order valence-electron chi connectivity index (χ4n) is 1.56. The third kappa shape index (κ3) is 4.97. The van der Waals surface area contributed by atoms with E-state index in [1.807, 2.05) is 5.43 Å². The predicted octanol–water partition coefficient (Wildman–Crippen LogP) is 2.79. The Morgan fingerprint density at radius 2 is 1.83 bits per heavy atom. The molecular weight excluding hydrogens is 352 g/mol. The lowest BCUT2D eigenvalue weighted by molar-refractivity contribution is -0.384. The molecule has 0 aliphatic heterocycles. The number of alkyl halides is 6. The maximum absolute atomic E-state index is 12.5. The van der Waals surface area contributed by atoms with E-state index >= 15 is 0 Å². The summed E-state index contributed by atoms with van der Waals surface area (Å²) in [7, 11) is 0. The van der Waals surface area contributed by atoms with Gasteiger partial charge in [0, 0.05) is 12.6 Å². The summed E-state index contributed by atoms with van der Waals surface area (Å²) >= 11 is 0.